The number of halogens is 3. The highest BCUT2D eigenvalue weighted by Gasteiger charge is 2.52. The number of rotatable bonds is 8. The highest BCUT2D eigenvalue weighted by atomic mass is 32.2. The average molecular weight is 1380 g/mol. The van der Waals surface area contributed by atoms with Gasteiger partial charge in [-0.1, -0.05) is 285 Å². The van der Waals surface area contributed by atoms with Gasteiger partial charge in [0.05, 0.1) is 24.9 Å². The fraction of sp³-hybridized carbons (Fsp3) is 0.0769. The van der Waals surface area contributed by atoms with Crippen LogP contribution >= 0.6 is 0 Å². The summed E-state index contributed by atoms with van der Waals surface area (Å²) in [5, 5.41) is 13.1. The topological polar surface area (TPSA) is 88.1 Å². The zero-order valence-corrected chi connectivity index (χ0v) is 56.5. The van der Waals surface area contributed by atoms with Gasteiger partial charge in [0.1, 0.15) is 22.3 Å². The van der Waals surface area contributed by atoms with Crippen LogP contribution in [0.2, 0.25) is 0 Å². The van der Waals surface area contributed by atoms with Crippen molar-refractivity contribution in [2.24, 2.45) is 0 Å². The van der Waals surface area contributed by atoms with E-state index in [4.69, 9.17) is 31.9 Å². The van der Waals surface area contributed by atoms with Crippen molar-refractivity contribution in [1.82, 2.24) is 0 Å². The Morgan fingerprint density at radius 1 is 0.340 bits per heavy atom. The maximum absolute atomic E-state index is 13.1. The van der Waals surface area contributed by atoms with Gasteiger partial charge < -0.3 is 22.3 Å². The zero-order valence-electron chi connectivity index (χ0n) is 65.7. The molecule has 1 aliphatic rings. The molecule has 19 rings (SSSR count). The minimum absolute atomic E-state index is 0.0379. The van der Waals surface area contributed by atoms with E-state index in [2.05, 4.69) is 105 Å². The van der Waals surface area contributed by atoms with E-state index in [1.807, 2.05) is 109 Å². The summed E-state index contributed by atoms with van der Waals surface area (Å²) in [7, 11) is -6.30. The lowest BCUT2D eigenvalue weighted by Gasteiger charge is -2.32. The van der Waals surface area contributed by atoms with Gasteiger partial charge in [-0.25, -0.2) is 0 Å². The summed E-state index contributed by atoms with van der Waals surface area (Å²) in [6, 6.07) is 76.9. The number of fused-ring (bicyclic) bond motifs is 12. The number of hydrogen-bond acceptors (Lipinski definition) is 7. The Balaban J connectivity index is 0.000000131. The predicted octanol–water partition coefficient (Wildman–Crippen LogP) is 24.6. The van der Waals surface area contributed by atoms with Crippen LogP contribution in [0.15, 0.2) is 324 Å². The molecule has 0 bridgehead atoms. The van der Waals surface area contributed by atoms with E-state index >= 15 is 0 Å². The highest BCUT2D eigenvalue weighted by molar-refractivity contribution is 7.88. The molecule has 16 aromatic carbocycles. The van der Waals surface area contributed by atoms with Crippen LogP contribution in [0.5, 0.6) is 5.75 Å². The van der Waals surface area contributed by atoms with Crippen molar-refractivity contribution in [2.45, 2.75) is 44.4 Å². The molecule has 0 aliphatic carbocycles. The number of benzene rings is 16. The lowest BCUT2D eigenvalue weighted by molar-refractivity contribution is -0.0499. The summed E-state index contributed by atoms with van der Waals surface area (Å²) in [5.41, 5.74) is 5.03. The van der Waals surface area contributed by atoms with Gasteiger partial charge >= 0.3 is 22.7 Å². The van der Waals surface area contributed by atoms with E-state index in [1.54, 1.807) is 54.6 Å². The molecule has 0 spiro atoms. The molecule has 18 aromatic rings. The van der Waals surface area contributed by atoms with E-state index in [0.29, 0.717) is 49.2 Å². The molecule has 1 fully saturated rings. The molecule has 0 amide bonds. The molecule has 0 radical (unpaired) electrons. The van der Waals surface area contributed by atoms with Gasteiger partial charge in [-0.05, 0) is 178 Å². The van der Waals surface area contributed by atoms with E-state index < -0.39 is 45.5 Å². The third kappa shape index (κ3) is 11.1. The van der Waals surface area contributed by atoms with Crippen molar-refractivity contribution in [2.75, 3.05) is 0 Å². The summed E-state index contributed by atoms with van der Waals surface area (Å²) >= 11 is 0. The fourth-order valence-electron chi connectivity index (χ4n) is 14.6. The molecule has 1 saturated heterocycles. The van der Waals surface area contributed by atoms with Crippen molar-refractivity contribution in [3.63, 3.8) is 0 Å². The first-order valence-corrected chi connectivity index (χ1v) is 34.8. The van der Waals surface area contributed by atoms with Gasteiger partial charge in [0.15, 0.2) is 5.75 Å². The lowest BCUT2D eigenvalue weighted by Crippen LogP contribution is -2.41. The second-order valence-electron chi connectivity index (χ2n) is 26.2. The number of furan rings is 2. The van der Waals surface area contributed by atoms with Gasteiger partial charge in [0.25, 0.3) is 0 Å². The Morgan fingerprint density at radius 2 is 0.660 bits per heavy atom. The van der Waals surface area contributed by atoms with Crippen LogP contribution in [-0.4, -0.2) is 32.2 Å². The normalized spacial score (nSPS) is 15.1. The van der Waals surface area contributed by atoms with Gasteiger partial charge in [0.2, 0.25) is 0 Å². The van der Waals surface area contributed by atoms with E-state index in [1.165, 1.54) is 12.1 Å². The SMILES string of the molecule is CC1(C)OB(c2cccc3oc4ccccc4c23)OC1(C)C.[2H]c1c([2H])c([2H])c(-c2c3ccccc3c(-c3cccc4c(-c5cccc6oc7ccccc7c56)cccc34)c3ccccc23)c([2H])c1[2H].[2H]c1c([2H])c([2H])c(-c2c3ccccc3c(-c3cccc4c(OS(=O)(=O)C(F)(F)F)cccc34)c3ccccc23)c([2H])c1[2H]. The zero-order chi connectivity index (χ0) is 79.1. The Kier molecular flexibility index (Phi) is 13.3. The molecular weight excluding hydrogens is 1300 g/mol. The lowest BCUT2D eigenvalue weighted by atomic mass is 9.76. The van der Waals surface area contributed by atoms with Crippen molar-refractivity contribution in [3.8, 4) is 61.4 Å². The molecule has 103 heavy (non-hydrogen) atoms. The minimum atomic E-state index is -5.92. The standard InChI is InChI=1S/C42H26O.C31H19F3O3S.C18H19BO3/c1-2-13-27(14-3-1)40-33-15-4-6-17-35(33)41(36-18-7-5-16-34(36)40)31-23-11-20-28-29(31)21-10-22-30(28)32-24-12-26-39-42(32)37-19-8-9-25-38(37)43-39;32-31(33,34)38(35,36)37-28-19-9-16-21-22(28)17-8-18-23(21)30-26-14-6-4-12-24(26)29(20-10-2-1-3-11-20)25-13-5-7-15-27(25)30;1-17(2)18(3,4)22-19(21-17)13-9-7-11-15-16(13)12-8-5-6-10-14(12)20-15/h1-26H;1-19H;5-11H,1-4H3/i1D,2D,3D,13D,14D;1D,2D,3D,10D,11D;. The van der Waals surface area contributed by atoms with Crippen LogP contribution in [0.4, 0.5) is 13.2 Å². The Bertz CT molecular complexity index is 6980. The molecule has 1 aliphatic heterocycles. The fourth-order valence-corrected chi connectivity index (χ4v) is 15.1. The number of alkyl halides is 3. The molecule has 2 aromatic heterocycles. The number of hydrogen-bond donors (Lipinski definition) is 0. The van der Waals surface area contributed by atoms with E-state index in [0.717, 1.165) is 110 Å². The van der Waals surface area contributed by atoms with Crippen molar-refractivity contribution >= 4 is 131 Å². The Morgan fingerprint density at radius 3 is 1.12 bits per heavy atom. The van der Waals surface area contributed by atoms with Crippen molar-refractivity contribution in [3.05, 3.63) is 315 Å². The van der Waals surface area contributed by atoms with Gasteiger partial charge in [-0.2, -0.15) is 21.6 Å². The Labute approximate surface area is 606 Å². The second kappa shape index (κ2) is 25.4. The highest BCUT2D eigenvalue weighted by Crippen LogP contribution is 2.50. The third-order valence-corrected chi connectivity index (χ3v) is 20.8. The van der Waals surface area contributed by atoms with Crippen LogP contribution in [-0.2, 0) is 19.4 Å². The predicted molar refractivity (Wildman–Crippen MR) is 417 cm³/mol. The van der Waals surface area contributed by atoms with E-state index in [9.17, 15) is 21.6 Å². The van der Waals surface area contributed by atoms with Crippen LogP contribution < -0.4 is 9.65 Å². The molecule has 12 heteroatoms. The summed E-state index contributed by atoms with van der Waals surface area (Å²) in [5.74, 6) is -0.485. The van der Waals surface area contributed by atoms with Crippen LogP contribution in [0.25, 0.3) is 164 Å². The van der Waals surface area contributed by atoms with Crippen LogP contribution in [0, 0.1) is 0 Å². The van der Waals surface area contributed by atoms with Crippen LogP contribution in [0.1, 0.15) is 41.4 Å². The molecule has 500 valence electrons. The Hall–Kier alpha value is -11.8. The molecule has 7 nitrogen and oxygen atoms in total. The first kappa shape index (κ1) is 54.0. The first-order valence-electron chi connectivity index (χ1n) is 38.4. The molecular formula is C91H64BF3O7S. The molecule has 3 heterocycles. The van der Waals surface area contributed by atoms with Crippen molar-refractivity contribution in [1.29, 1.82) is 0 Å². The van der Waals surface area contributed by atoms with Gasteiger partial charge in [-0.15, -0.1) is 0 Å². The van der Waals surface area contributed by atoms with Gasteiger partial charge in [-0.3, -0.25) is 0 Å². The summed E-state index contributed by atoms with van der Waals surface area (Å²) in [6.07, 6.45) is 0. The molecule has 0 unspecified atom stereocenters. The van der Waals surface area contributed by atoms with Crippen LogP contribution in [0.3, 0.4) is 0 Å². The number of para-hydroxylation sites is 2. The average Bonchev–Trinajstić information content (AvgIpc) is 1.64. The second-order valence-corrected chi connectivity index (χ2v) is 27.8. The molecule has 0 atom stereocenters. The molecule has 0 N–H and O–H groups in total. The first-order chi connectivity index (χ1) is 54.2. The van der Waals surface area contributed by atoms with E-state index in [-0.39, 0.29) is 71.1 Å². The summed E-state index contributed by atoms with van der Waals surface area (Å²) < 4.78 is 177. The molecule has 0 saturated carbocycles. The maximum atomic E-state index is 13.1. The smallest absolute Gasteiger partial charge is 0.456 e. The largest absolute Gasteiger partial charge is 0.534 e. The minimum Gasteiger partial charge on any atom is -0.456 e. The van der Waals surface area contributed by atoms with Crippen molar-refractivity contribution < 1.29 is 57.6 Å². The summed E-state index contributed by atoms with van der Waals surface area (Å²) in [6.45, 7) is 8.28. The third-order valence-electron chi connectivity index (χ3n) is 19.8. The monoisotopic (exact) mass is 1380 g/mol. The quantitative estimate of drug-likeness (QED) is 0.0648. The summed E-state index contributed by atoms with van der Waals surface area (Å²) in [4.78, 5) is 0. The maximum Gasteiger partial charge on any atom is 0.534 e. The van der Waals surface area contributed by atoms with Gasteiger partial charge in [0, 0.05) is 26.9 Å².